The number of hydrogen-bond acceptors (Lipinski definition) is 6. The molecule has 0 spiro atoms. The van der Waals surface area contributed by atoms with Crippen LogP contribution in [-0.2, 0) is 0 Å². The molecular formula is C22H24ClN5O3. The van der Waals surface area contributed by atoms with E-state index in [1.165, 1.54) is 18.2 Å². The van der Waals surface area contributed by atoms with Gasteiger partial charge in [0.1, 0.15) is 5.84 Å². The monoisotopic (exact) mass is 441 g/mol. The van der Waals surface area contributed by atoms with E-state index in [1.807, 2.05) is 0 Å². The van der Waals surface area contributed by atoms with E-state index in [0.717, 1.165) is 19.4 Å². The molecule has 3 heterocycles. The molecule has 1 aromatic heterocycles. The Morgan fingerprint density at radius 3 is 2.74 bits per heavy atom. The Labute approximate surface area is 185 Å². The second kappa shape index (κ2) is 8.64. The summed E-state index contributed by atoms with van der Waals surface area (Å²) >= 11 is 6.23. The number of likely N-dealkylation sites (tertiary alicyclic amines) is 1. The zero-order chi connectivity index (χ0) is 22.1. The fraction of sp³-hybridized carbons (Fsp3) is 0.364. The van der Waals surface area contributed by atoms with E-state index >= 15 is 0 Å². The van der Waals surface area contributed by atoms with Gasteiger partial charge in [-0.05, 0) is 50.6 Å². The molecule has 1 atom stereocenters. The molecule has 8 nitrogen and oxygen atoms in total. The van der Waals surface area contributed by atoms with Crippen LogP contribution in [-0.4, -0.2) is 65.2 Å². The number of halogens is 1. The molecule has 1 unspecified atom stereocenters. The van der Waals surface area contributed by atoms with Gasteiger partial charge in [-0.15, -0.1) is 0 Å². The lowest BCUT2D eigenvalue weighted by atomic mass is 10.1. The number of fused-ring (bicyclic) bond motifs is 1. The van der Waals surface area contributed by atoms with Crippen LogP contribution in [0.25, 0.3) is 0 Å². The average Bonchev–Trinajstić information content (AvgIpc) is 3.26. The second-order valence-electron chi connectivity index (χ2n) is 7.69. The van der Waals surface area contributed by atoms with Crippen LogP contribution in [0.1, 0.15) is 46.0 Å². The van der Waals surface area contributed by atoms with Crippen LogP contribution in [0, 0.1) is 0 Å². The minimum Gasteiger partial charge on any atom is -0.480 e. The number of aromatic nitrogens is 1. The second-order valence-corrected chi connectivity index (χ2v) is 8.10. The molecule has 2 amide bonds. The molecule has 2 aliphatic heterocycles. The van der Waals surface area contributed by atoms with Crippen LogP contribution in [0.5, 0.6) is 5.88 Å². The predicted molar refractivity (Wildman–Crippen MR) is 118 cm³/mol. The first-order valence-electron chi connectivity index (χ1n) is 10.2. The Kier molecular flexibility index (Phi) is 5.93. The van der Waals surface area contributed by atoms with E-state index in [4.69, 9.17) is 22.1 Å². The highest BCUT2D eigenvalue weighted by Crippen LogP contribution is 2.29. The Morgan fingerprint density at radius 2 is 2.03 bits per heavy atom. The number of imide groups is 1. The van der Waals surface area contributed by atoms with Crippen LogP contribution in [0.3, 0.4) is 0 Å². The third-order valence-electron chi connectivity index (χ3n) is 5.82. The first kappa shape index (κ1) is 21.3. The summed E-state index contributed by atoms with van der Waals surface area (Å²) < 4.78 is 5.21. The quantitative estimate of drug-likeness (QED) is 0.420. The highest BCUT2D eigenvalue weighted by molar-refractivity contribution is 6.34. The van der Waals surface area contributed by atoms with Crippen LogP contribution in [0.15, 0.2) is 35.5 Å². The molecule has 2 aromatic rings. The van der Waals surface area contributed by atoms with Gasteiger partial charge in [0.2, 0.25) is 5.88 Å². The molecule has 1 aromatic carbocycles. The highest BCUT2D eigenvalue weighted by atomic mass is 35.5. The van der Waals surface area contributed by atoms with Crippen molar-refractivity contribution < 1.29 is 14.3 Å². The average molecular weight is 442 g/mol. The number of pyridine rings is 1. The number of ether oxygens (including phenoxy) is 1. The van der Waals surface area contributed by atoms with Crippen molar-refractivity contribution in [1.82, 2.24) is 14.8 Å². The van der Waals surface area contributed by atoms with Gasteiger partial charge < -0.3 is 10.5 Å². The van der Waals surface area contributed by atoms with Gasteiger partial charge >= 0.3 is 0 Å². The number of nitrogens with two attached hydrogens (primary N) is 1. The molecule has 162 valence electrons. The molecule has 2 N–H and O–H groups in total. The zero-order valence-corrected chi connectivity index (χ0v) is 18.2. The lowest BCUT2D eigenvalue weighted by Crippen LogP contribution is -2.39. The van der Waals surface area contributed by atoms with Crippen LogP contribution in [0.4, 0.5) is 5.69 Å². The van der Waals surface area contributed by atoms with Crippen molar-refractivity contribution in [1.29, 1.82) is 0 Å². The van der Waals surface area contributed by atoms with Gasteiger partial charge in [-0.3, -0.25) is 19.4 Å². The molecule has 2 aliphatic rings. The van der Waals surface area contributed by atoms with E-state index in [1.54, 1.807) is 24.3 Å². The minimum atomic E-state index is -0.306. The number of benzene rings is 1. The summed E-state index contributed by atoms with van der Waals surface area (Å²) in [5.41, 5.74) is 7.67. The standard InChI is InChI=1S/C22H24ClN5O3/c1-13-4-3-9-27(13)10-11-28-21(29)15-6-5-14(12-16(15)22(28)30)26-19(24)18-17(23)7-8-25-20(18)31-2/h5-8,12-13H,3-4,9-11H2,1-2H3,(H2,24,26). The number of carbonyl (C=O) groups excluding carboxylic acids is 2. The fourth-order valence-corrected chi connectivity index (χ4v) is 4.34. The normalized spacial score (nSPS) is 19.3. The first-order valence-corrected chi connectivity index (χ1v) is 10.6. The van der Waals surface area contributed by atoms with Crippen molar-refractivity contribution in [2.45, 2.75) is 25.8 Å². The molecule has 1 fully saturated rings. The number of nitrogens with zero attached hydrogens (tertiary/aromatic N) is 4. The molecule has 31 heavy (non-hydrogen) atoms. The number of carbonyl (C=O) groups is 2. The lowest BCUT2D eigenvalue weighted by molar-refractivity contribution is 0.0634. The summed E-state index contributed by atoms with van der Waals surface area (Å²) in [4.78, 5) is 37.8. The van der Waals surface area contributed by atoms with Gasteiger partial charge in [0, 0.05) is 25.3 Å². The Morgan fingerprint density at radius 1 is 1.26 bits per heavy atom. The maximum Gasteiger partial charge on any atom is 0.261 e. The molecule has 9 heteroatoms. The van der Waals surface area contributed by atoms with E-state index in [-0.39, 0.29) is 23.5 Å². The smallest absolute Gasteiger partial charge is 0.261 e. The number of aliphatic imine (C=N–C) groups is 1. The maximum atomic E-state index is 12.9. The summed E-state index contributed by atoms with van der Waals surface area (Å²) in [6.07, 6.45) is 3.81. The van der Waals surface area contributed by atoms with Gasteiger partial charge in [-0.2, -0.15) is 0 Å². The van der Waals surface area contributed by atoms with Gasteiger partial charge in [0.25, 0.3) is 11.8 Å². The number of amidine groups is 1. The predicted octanol–water partition coefficient (Wildman–Crippen LogP) is 2.86. The molecule has 1 saturated heterocycles. The van der Waals surface area contributed by atoms with E-state index in [2.05, 4.69) is 21.8 Å². The summed E-state index contributed by atoms with van der Waals surface area (Å²) in [5, 5.41) is 0.350. The number of hydrogen-bond donors (Lipinski definition) is 1. The van der Waals surface area contributed by atoms with Crippen molar-refractivity contribution >= 4 is 34.9 Å². The van der Waals surface area contributed by atoms with Crippen molar-refractivity contribution in [3.05, 3.63) is 52.2 Å². The maximum absolute atomic E-state index is 12.9. The van der Waals surface area contributed by atoms with Crippen LogP contribution >= 0.6 is 11.6 Å². The summed E-state index contributed by atoms with van der Waals surface area (Å²) in [6, 6.07) is 6.92. The molecule has 0 aliphatic carbocycles. The van der Waals surface area contributed by atoms with Gasteiger partial charge in [0.05, 0.1) is 34.5 Å². The summed E-state index contributed by atoms with van der Waals surface area (Å²) in [6.45, 7) is 4.24. The van der Waals surface area contributed by atoms with Gasteiger partial charge in [-0.1, -0.05) is 11.6 Å². The number of methoxy groups -OCH3 is 1. The first-order chi connectivity index (χ1) is 14.9. The third-order valence-corrected chi connectivity index (χ3v) is 6.14. The van der Waals surface area contributed by atoms with Gasteiger partial charge in [-0.25, -0.2) is 9.98 Å². The highest BCUT2D eigenvalue weighted by Gasteiger charge is 2.36. The van der Waals surface area contributed by atoms with Crippen LogP contribution < -0.4 is 10.5 Å². The van der Waals surface area contributed by atoms with Crippen LogP contribution in [0.2, 0.25) is 5.02 Å². The largest absolute Gasteiger partial charge is 0.480 e. The molecule has 4 rings (SSSR count). The molecule has 0 bridgehead atoms. The SMILES string of the molecule is COc1nccc(Cl)c1C(N)=Nc1ccc2c(c1)C(=O)N(CCN1CCCC1C)C2=O. The Bertz CT molecular complexity index is 1070. The molecular weight excluding hydrogens is 418 g/mol. The molecule has 0 saturated carbocycles. The number of amides is 2. The van der Waals surface area contributed by atoms with Crippen molar-refractivity contribution in [3.8, 4) is 5.88 Å². The van der Waals surface area contributed by atoms with Crippen molar-refractivity contribution in [2.24, 2.45) is 10.7 Å². The van der Waals surface area contributed by atoms with Crippen molar-refractivity contribution in [3.63, 3.8) is 0 Å². The lowest BCUT2D eigenvalue weighted by Gasteiger charge is -2.23. The molecule has 0 radical (unpaired) electrons. The van der Waals surface area contributed by atoms with E-state index in [0.29, 0.717) is 46.5 Å². The zero-order valence-electron chi connectivity index (χ0n) is 17.5. The topological polar surface area (TPSA) is 101 Å². The summed E-state index contributed by atoms with van der Waals surface area (Å²) in [7, 11) is 1.46. The van der Waals surface area contributed by atoms with Gasteiger partial charge in [0.15, 0.2) is 0 Å². The van der Waals surface area contributed by atoms with E-state index < -0.39 is 0 Å². The van der Waals surface area contributed by atoms with Crippen molar-refractivity contribution in [2.75, 3.05) is 26.7 Å². The number of rotatable bonds is 6. The van der Waals surface area contributed by atoms with E-state index in [9.17, 15) is 9.59 Å². The minimum absolute atomic E-state index is 0.103. The Balaban J connectivity index is 1.57. The fourth-order valence-electron chi connectivity index (χ4n) is 4.11. The summed E-state index contributed by atoms with van der Waals surface area (Å²) in [5.74, 6) is -0.221. The third kappa shape index (κ3) is 4.00. The Hall–Kier alpha value is -2.97.